The third-order valence-corrected chi connectivity index (χ3v) is 3.58. The Kier molecular flexibility index (Phi) is 3.75. The first-order valence-electron chi connectivity index (χ1n) is 6.88. The topological polar surface area (TPSA) is 54.0 Å². The van der Waals surface area contributed by atoms with Gasteiger partial charge >= 0.3 is 0 Å². The lowest BCUT2D eigenvalue weighted by molar-refractivity contribution is 0.224. The van der Waals surface area contributed by atoms with E-state index in [1.54, 1.807) is 12.1 Å². The second kappa shape index (κ2) is 5.67. The summed E-state index contributed by atoms with van der Waals surface area (Å²) in [5.74, 6) is 1.76. The predicted molar refractivity (Wildman–Crippen MR) is 71.9 cm³/mol. The molecule has 0 saturated carbocycles. The molecule has 5 heteroatoms. The fraction of sp³-hybridized carbons (Fsp3) is 0.571. The van der Waals surface area contributed by atoms with Crippen molar-refractivity contribution in [2.24, 2.45) is 0 Å². The van der Waals surface area contributed by atoms with Gasteiger partial charge in [0, 0.05) is 39.1 Å². The monoisotopic (exact) mass is 264 g/mol. The molecule has 0 unspecified atom stereocenters. The van der Waals surface area contributed by atoms with Crippen LogP contribution in [0, 0.1) is 0 Å². The van der Waals surface area contributed by atoms with E-state index in [4.69, 9.17) is 9.47 Å². The number of fused-ring (bicyclic) bond motifs is 1. The minimum absolute atomic E-state index is 0.294. The molecular weight excluding hydrogens is 244 g/mol. The molecule has 2 N–H and O–H groups in total. The number of hydrogen-bond acceptors (Lipinski definition) is 5. The van der Waals surface area contributed by atoms with Crippen LogP contribution >= 0.6 is 0 Å². The summed E-state index contributed by atoms with van der Waals surface area (Å²) in [7, 11) is 0. The van der Waals surface area contributed by atoms with Gasteiger partial charge in [-0.15, -0.1) is 0 Å². The molecule has 2 heterocycles. The summed E-state index contributed by atoms with van der Waals surface area (Å²) in [5, 5.41) is 13.4. The van der Waals surface area contributed by atoms with Crippen LogP contribution in [0.25, 0.3) is 0 Å². The van der Waals surface area contributed by atoms with Crippen molar-refractivity contribution in [3.05, 3.63) is 17.7 Å². The minimum Gasteiger partial charge on any atom is -0.507 e. The fourth-order valence-corrected chi connectivity index (χ4v) is 2.53. The summed E-state index contributed by atoms with van der Waals surface area (Å²) >= 11 is 0. The lowest BCUT2D eigenvalue weighted by Crippen LogP contribution is -2.42. The molecule has 2 aliphatic rings. The summed E-state index contributed by atoms with van der Waals surface area (Å²) in [5.41, 5.74) is 0.848. The zero-order valence-electron chi connectivity index (χ0n) is 11.0. The van der Waals surface area contributed by atoms with Crippen LogP contribution in [0.15, 0.2) is 12.1 Å². The number of phenolic OH excluding ortho intramolecular Hbond substituents is 1. The van der Waals surface area contributed by atoms with E-state index in [-0.39, 0.29) is 0 Å². The van der Waals surface area contributed by atoms with E-state index in [1.165, 1.54) is 0 Å². The molecule has 1 aromatic carbocycles. The molecule has 2 aliphatic heterocycles. The van der Waals surface area contributed by atoms with E-state index < -0.39 is 0 Å². The first-order valence-corrected chi connectivity index (χ1v) is 6.88. The van der Waals surface area contributed by atoms with Crippen LogP contribution in [0.1, 0.15) is 12.0 Å². The zero-order valence-corrected chi connectivity index (χ0v) is 11.0. The van der Waals surface area contributed by atoms with Crippen molar-refractivity contribution in [3.63, 3.8) is 0 Å². The SMILES string of the molecule is Oc1ccc2c(c1CN1CCNCC1)OCCCO2. The predicted octanol–water partition coefficient (Wildman–Crippen LogP) is 0.959. The van der Waals surface area contributed by atoms with Gasteiger partial charge in [0.1, 0.15) is 5.75 Å². The van der Waals surface area contributed by atoms with Gasteiger partial charge in [-0.25, -0.2) is 0 Å². The van der Waals surface area contributed by atoms with Gasteiger partial charge in [0.15, 0.2) is 11.5 Å². The van der Waals surface area contributed by atoms with Gasteiger partial charge in [0.2, 0.25) is 0 Å². The lowest BCUT2D eigenvalue weighted by atomic mass is 10.1. The van der Waals surface area contributed by atoms with Crippen LogP contribution in [0.3, 0.4) is 0 Å². The van der Waals surface area contributed by atoms with Crippen LogP contribution in [0.2, 0.25) is 0 Å². The molecule has 104 valence electrons. The lowest BCUT2D eigenvalue weighted by Gasteiger charge is -2.28. The van der Waals surface area contributed by atoms with Crippen LogP contribution < -0.4 is 14.8 Å². The third kappa shape index (κ3) is 2.77. The van der Waals surface area contributed by atoms with E-state index in [9.17, 15) is 5.11 Å². The number of hydrogen-bond donors (Lipinski definition) is 2. The van der Waals surface area contributed by atoms with Crippen LogP contribution in [-0.2, 0) is 6.54 Å². The van der Waals surface area contributed by atoms with E-state index in [2.05, 4.69) is 10.2 Å². The Hall–Kier alpha value is -1.46. The Morgan fingerprint density at radius 3 is 2.79 bits per heavy atom. The van der Waals surface area contributed by atoms with Crippen molar-refractivity contribution < 1.29 is 14.6 Å². The van der Waals surface area contributed by atoms with Crippen molar-refractivity contribution in [1.82, 2.24) is 10.2 Å². The Balaban J connectivity index is 1.86. The van der Waals surface area contributed by atoms with Gasteiger partial charge in [-0.2, -0.15) is 0 Å². The van der Waals surface area contributed by atoms with Crippen LogP contribution in [0.4, 0.5) is 0 Å². The van der Waals surface area contributed by atoms with E-state index >= 15 is 0 Å². The molecule has 19 heavy (non-hydrogen) atoms. The fourth-order valence-electron chi connectivity index (χ4n) is 2.53. The van der Waals surface area contributed by atoms with Crippen molar-refractivity contribution in [2.75, 3.05) is 39.4 Å². The Labute approximate surface area is 113 Å². The molecule has 1 saturated heterocycles. The molecule has 0 aliphatic carbocycles. The van der Waals surface area contributed by atoms with Gasteiger partial charge in [-0.3, -0.25) is 4.90 Å². The van der Waals surface area contributed by atoms with Gasteiger partial charge in [0.25, 0.3) is 0 Å². The molecule has 5 nitrogen and oxygen atoms in total. The Bertz CT molecular complexity index is 445. The van der Waals surface area contributed by atoms with Gasteiger partial charge < -0.3 is 19.9 Å². The molecule has 1 aromatic rings. The van der Waals surface area contributed by atoms with Gasteiger partial charge in [-0.05, 0) is 12.1 Å². The maximum atomic E-state index is 10.1. The van der Waals surface area contributed by atoms with Crippen molar-refractivity contribution in [2.45, 2.75) is 13.0 Å². The molecule has 0 bridgehead atoms. The van der Waals surface area contributed by atoms with E-state index in [0.717, 1.165) is 49.7 Å². The molecule has 3 rings (SSSR count). The summed E-state index contributed by atoms with van der Waals surface area (Å²) in [6.07, 6.45) is 0.877. The number of benzene rings is 1. The highest BCUT2D eigenvalue weighted by Crippen LogP contribution is 2.39. The second-order valence-corrected chi connectivity index (χ2v) is 4.97. The van der Waals surface area contributed by atoms with Gasteiger partial charge in [-0.1, -0.05) is 0 Å². The molecule has 0 aromatic heterocycles. The molecular formula is C14H20N2O3. The Morgan fingerprint density at radius 2 is 1.95 bits per heavy atom. The molecule has 0 radical (unpaired) electrons. The molecule has 0 amide bonds. The number of aromatic hydroxyl groups is 1. The van der Waals surface area contributed by atoms with Crippen molar-refractivity contribution >= 4 is 0 Å². The second-order valence-electron chi connectivity index (χ2n) is 4.97. The quantitative estimate of drug-likeness (QED) is 0.833. The molecule has 0 atom stereocenters. The first-order chi connectivity index (χ1) is 9.34. The summed E-state index contributed by atoms with van der Waals surface area (Å²) in [4.78, 5) is 2.32. The summed E-state index contributed by atoms with van der Waals surface area (Å²) in [6, 6.07) is 3.49. The number of rotatable bonds is 2. The van der Waals surface area contributed by atoms with E-state index in [0.29, 0.717) is 25.5 Å². The maximum Gasteiger partial charge on any atom is 0.169 e. The third-order valence-electron chi connectivity index (χ3n) is 3.58. The van der Waals surface area contributed by atoms with E-state index in [1.807, 2.05) is 0 Å². The number of nitrogens with one attached hydrogen (secondary N) is 1. The highest BCUT2D eigenvalue weighted by atomic mass is 16.5. The normalized spacial score (nSPS) is 20.0. The first kappa shape index (κ1) is 12.6. The summed E-state index contributed by atoms with van der Waals surface area (Å²) < 4.78 is 11.4. The van der Waals surface area contributed by atoms with Gasteiger partial charge in [0.05, 0.1) is 18.8 Å². The average molecular weight is 264 g/mol. The standard InChI is InChI=1S/C14H20N2O3/c17-12-2-3-13-14(19-9-1-8-18-13)11(12)10-16-6-4-15-5-7-16/h2-3,15,17H,1,4-10H2. The molecule has 1 fully saturated rings. The van der Waals surface area contributed by atoms with Crippen molar-refractivity contribution in [3.8, 4) is 17.2 Å². The highest BCUT2D eigenvalue weighted by Gasteiger charge is 2.21. The summed E-state index contributed by atoms with van der Waals surface area (Å²) in [6.45, 7) is 5.99. The average Bonchev–Trinajstić information content (AvgIpc) is 2.69. The minimum atomic E-state index is 0.294. The number of ether oxygens (including phenoxy) is 2. The Morgan fingerprint density at radius 1 is 1.16 bits per heavy atom. The highest BCUT2D eigenvalue weighted by molar-refractivity contribution is 5.53. The largest absolute Gasteiger partial charge is 0.507 e. The number of piperazine rings is 1. The number of phenols is 1. The zero-order chi connectivity index (χ0) is 13.1. The molecule has 0 spiro atoms. The van der Waals surface area contributed by atoms with Crippen LogP contribution in [0.5, 0.6) is 17.2 Å². The van der Waals surface area contributed by atoms with Crippen LogP contribution in [-0.4, -0.2) is 49.4 Å². The maximum absolute atomic E-state index is 10.1. The number of nitrogens with zero attached hydrogens (tertiary/aromatic N) is 1. The smallest absolute Gasteiger partial charge is 0.169 e. The van der Waals surface area contributed by atoms with Crippen molar-refractivity contribution in [1.29, 1.82) is 0 Å².